The maximum atomic E-state index is 3.95. The van der Waals surface area contributed by atoms with Gasteiger partial charge in [0.15, 0.2) is 0 Å². The van der Waals surface area contributed by atoms with Crippen molar-refractivity contribution in [2.24, 2.45) is 0 Å². The van der Waals surface area contributed by atoms with E-state index in [2.05, 4.69) is 80.3 Å². The summed E-state index contributed by atoms with van der Waals surface area (Å²) >= 11 is 0. The SMILES string of the molecule is C=C(C)NC(C)(C)CCc1ccc(CCCCc2ccccc2)cc1. The minimum absolute atomic E-state index is 0.0991. The van der Waals surface area contributed by atoms with Crippen molar-refractivity contribution >= 4 is 0 Å². The quantitative estimate of drug-likeness (QED) is 0.518. The Morgan fingerprint density at radius 2 is 1.28 bits per heavy atom. The summed E-state index contributed by atoms with van der Waals surface area (Å²) in [6.07, 6.45) is 7.08. The number of allylic oxidation sites excluding steroid dienone is 1. The monoisotopic (exact) mass is 335 g/mol. The lowest BCUT2D eigenvalue weighted by Gasteiger charge is -2.27. The van der Waals surface area contributed by atoms with Crippen LogP contribution in [0.3, 0.4) is 0 Å². The molecule has 0 aliphatic heterocycles. The smallest absolute Gasteiger partial charge is 0.0317 e. The fourth-order valence-corrected chi connectivity index (χ4v) is 3.27. The van der Waals surface area contributed by atoms with Gasteiger partial charge in [-0.15, -0.1) is 0 Å². The van der Waals surface area contributed by atoms with Gasteiger partial charge in [-0.3, -0.25) is 0 Å². The first-order valence-electron chi connectivity index (χ1n) is 9.50. The van der Waals surface area contributed by atoms with Crippen LogP contribution in [0.25, 0.3) is 0 Å². The summed E-state index contributed by atoms with van der Waals surface area (Å²) in [6.45, 7) is 10.5. The summed E-state index contributed by atoms with van der Waals surface area (Å²) < 4.78 is 0. The van der Waals surface area contributed by atoms with E-state index in [1.807, 2.05) is 6.92 Å². The predicted octanol–water partition coefficient (Wildman–Crippen LogP) is 6.09. The van der Waals surface area contributed by atoms with E-state index in [1.54, 1.807) is 0 Å². The highest BCUT2D eigenvalue weighted by Gasteiger charge is 2.16. The van der Waals surface area contributed by atoms with E-state index in [0.717, 1.165) is 18.5 Å². The Balaban J connectivity index is 1.71. The minimum atomic E-state index is 0.0991. The van der Waals surface area contributed by atoms with Crippen LogP contribution in [0, 0.1) is 0 Å². The molecule has 0 spiro atoms. The van der Waals surface area contributed by atoms with Gasteiger partial charge in [0.2, 0.25) is 0 Å². The van der Waals surface area contributed by atoms with Gasteiger partial charge < -0.3 is 5.32 Å². The standard InChI is InChI=1S/C24H33N/c1-20(2)25-24(3,4)19-18-23-16-14-22(15-17-23)13-9-8-12-21-10-6-5-7-11-21/h5-7,10-11,14-17,25H,1,8-9,12-13,18-19H2,2-4H3. The molecule has 0 bridgehead atoms. The molecule has 0 heterocycles. The highest BCUT2D eigenvalue weighted by atomic mass is 15.0. The van der Waals surface area contributed by atoms with Crippen LogP contribution in [0.15, 0.2) is 66.9 Å². The van der Waals surface area contributed by atoms with Gasteiger partial charge in [-0.25, -0.2) is 0 Å². The van der Waals surface area contributed by atoms with Crippen molar-refractivity contribution in [2.45, 2.75) is 64.8 Å². The van der Waals surface area contributed by atoms with Crippen molar-refractivity contribution in [1.29, 1.82) is 0 Å². The Morgan fingerprint density at radius 1 is 0.800 bits per heavy atom. The molecule has 0 amide bonds. The van der Waals surface area contributed by atoms with Crippen molar-refractivity contribution in [3.05, 3.63) is 83.6 Å². The Bertz CT molecular complexity index is 638. The summed E-state index contributed by atoms with van der Waals surface area (Å²) in [5.41, 5.74) is 5.46. The molecule has 2 aromatic rings. The van der Waals surface area contributed by atoms with E-state index in [-0.39, 0.29) is 5.54 Å². The first-order chi connectivity index (χ1) is 11.9. The number of hydrogen-bond donors (Lipinski definition) is 1. The third-order valence-corrected chi connectivity index (χ3v) is 4.64. The molecule has 0 fully saturated rings. The summed E-state index contributed by atoms with van der Waals surface area (Å²) in [5.74, 6) is 0. The van der Waals surface area contributed by atoms with Gasteiger partial charge in [0.25, 0.3) is 0 Å². The first kappa shape index (κ1) is 19.3. The van der Waals surface area contributed by atoms with Gasteiger partial charge in [-0.05, 0) is 76.0 Å². The molecular formula is C24H33N. The van der Waals surface area contributed by atoms with Gasteiger partial charge in [0.1, 0.15) is 0 Å². The number of benzene rings is 2. The lowest BCUT2D eigenvalue weighted by atomic mass is 9.94. The topological polar surface area (TPSA) is 12.0 Å². The van der Waals surface area contributed by atoms with E-state index in [9.17, 15) is 0 Å². The summed E-state index contributed by atoms with van der Waals surface area (Å²) in [6, 6.07) is 20.0. The van der Waals surface area contributed by atoms with Gasteiger partial charge in [-0.1, -0.05) is 61.2 Å². The van der Waals surface area contributed by atoms with Gasteiger partial charge in [-0.2, -0.15) is 0 Å². The third kappa shape index (κ3) is 7.60. The average Bonchev–Trinajstić information content (AvgIpc) is 2.58. The normalized spacial score (nSPS) is 11.3. The second-order valence-electron chi connectivity index (χ2n) is 7.80. The molecule has 25 heavy (non-hydrogen) atoms. The summed E-state index contributed by atoms with van der Waals surface area (Å²) in [4.78, 5) is 0. The van der Waals surface area contributed by atoms with E-state index in [1.165, 1.54) is 42.4 Å². The van der Waals surface area contributed by atoms with Crippen LogP contribution >= 0.6 is 0 Å². The maximum Gasteiger partial charge on any atom is 0.0317 e. The number of nitrogens with one attached hydrogen (secondary N) is 1. The maximum absolute atomic E-state index is 3.95. The molecule has 2 rings (SSSR count). The van der Waals surface area contributed by atoms with Crippen LogP contribution in [-0.2, 0) is 19.3 Å². The van der Waals surface area contributed by atoms with E-state index in [4.69, 9.17) is 0 Å². The number of hydrogen-bond acceptors (Lipinski definition) is 1. The second-order valence-corrected chi connectivity index (χ2v) is 7.80. The summed E-state index contributed by atoms with van der Waals surface area (Å²) in [5, 5.41) is 3.45. The molecule has 1 nitrogen and oxygen atoms in total. The molecule has 1 heteroatoms. The molecule has 0 aliphatic carbocycles. The molecule has 0 atom stereocenters. The molecule has 0 aliphatic rings. The molecule has 0 radical (unpaired) electrons. The van der Waals surface area contributed by atoms with Gasteiger partial charge in [0, 0.05) is 11.2 Å². The van der Waals surface area contributed by atoms with Crippen molar-refractivity contribution in [2.75, 3.05) is 0 Å². The van der Waals surface area contributed by atoms with Crippen LogP contribution in [0.4, 0.5) is 0 Å². The van der Waals surface area contributed by atoms with Crippen LogP contribution in [-0.4, -0.2) is 5.54 Å². The Kier molecular flexibility index (Phi) is 7.31. The molecule has 0 unspecified atom stereocenters. The lowest BCUT2D eigenvalue weighted by Crippen LogP contribution is -2.38. The second kappa shape index (κ2) is 9.46. The number of unbranched alkanes of at least 4 members (excludes halogenated alkanes) is 1. The third-order valence-electron chi connectivity index (χ3n) is 4.64. The Labute approximate surface area is 154 Å². The van der Waals surface area contributed by atoms with Crippen LogP contribution in [0.2, 0.25) is 0 Å². The number of aryl methyl sites for hydroxylation is 3. The van der Waals surface area contributed by atoms with Gasteiger partial charge >= 0.3 is 0 Å². The fourth-order valence-electron chi connectivity index (χ4n) is 3.27. The molecular weight excluding hydrogens is 302 g/mol. The summed E-state index contributed by atoms with van der Waals surface area (Å²) in [7, 11) is 0. The first-order valence-corrected chi connectivity index (χ1v) is 9.50. The lowest BCUT2D eigenvalue weighted by molar-refractivity contribution is 0.398. The fraction of sp³-hybridized carbons (Fsp3) is 0.417. The molecule has 0 aromatic heterocycles. The Hall–Kier alpha value is -2.02. The van der Waals surface area contributed by atoms with Crippen molar-refractivity contribution in [3.63, 3.8) is 0 Å². The molecule has 1 N–H and O–H groups in total. The minimum Gasteiger partial charge on any atom is -0.384 e. The van der Waals surface area contributed by atoms with Crippen LogP contribution < -0.4 is 5.32 Å². The zero-order valence-corrected chi connectivity index (χ0v) is 16.1. The zero-order chi connectivity index (χ0) is 18.1. The molecule has 2 aromatic carbocycles. The van der Waals surface area contributed by atoms with Crippen molar-refractivity contribution in [1.82, 2.24) is 5.32 Å². The molecule has 0 saturated carbocycles. The molecule has 134 valence electrons. The van der Waals surface area contributed by atoms with E-state index < -0.39 is 0 Å². The van der Waals surface area contributed by atoms with Crippen LogP contribution in [0.5, 0.6) is 0 Å². The van der Waals surface area contributed by atoms with E-state index >= 15 is 0 Å². The average molecular weight is 336 g/mol. The van der Waals surface area contributed by atoms with Gasteiger partial charge in [0.05, 0.1) is 0 Å². The highest BCUT2D eigenvalue weighted by molar-refractivity contribution is 5.23. The van der Waals surface area contributed by atoms with Crippen molar-refractivity contribution in [3.8, 4) is 0 Å². The predicted molar refractivity (Wildman–Crippen MR) is 110 cm³/mol. The largest absolute Gasteiger partial charge is 0.384 e. The van der Waals surface area contributed by atoms with Crippen molar-refractivity contribution < 1.29 is 0 Å². The zero-order valence-electron chi connectivity index (χ0n) is 16.1. The van der Waals surface area contributed by atoms with E-state index in [0.29, 0.717) is 0 Å². The highest BCUT2D eigenvalue weighted by Crippen LogP contribution is 2.16. The Morgan fingerprint density at radius 3 is 1.80 bits per heavy atom. The molecule has 0 saturated heterocycles. The van der Waals surface area contributed by atoms with Crippen LogP contribution in [0.1, 0.15) is 56.7 Å². The number of rotatable bonds is 10.